The Bertz CT molecular complexity index is 414. The lowest BCUT2D eigenvalue weighted by Gasteiger charge is -2.24. The van der Waals surface area contributed by atoms with Crippen molar-refractivity contribution in [2.45, 2.75) is 33.1 Å². The van der Waals surface area contributed by atoms with Crippen molar-refractivity contribution >= 4 is 0 Å². The summed E-state index contributed by atoms with van der Waals surface area (Å²) in [6.07, 6.45) is 0. The highest BCUT2D eigenvalue weighted by molar-refractivity contribution is 5.44. The number of hydrogen-bond donors (Lipinski definition) is 2. The van der Waals surface area contributed by atoms with Gasteiger partial charge in [0.2, 0.25) is 0 Å². The van der Waals surface area contributed by atoms with Gasteiger partial charge in [-0.05, 0) is 23.5 Å². The van der Waals surface area contributed by atoms with Crippen LogP contribution < -0.4 is 15.8 Å². The zero-order valence-corrected chi connectivity index (χ0v) is 13.9. The van der Waals surface area contributed by atoms with Crippen LogP contribution in [0.1, 0.15) is 31.9 Å². The van der Waals surface area contributed by atoms with Gasteiger partial charge in [0.05, 0.1) is 13.2 Å². The third kappa shape index (κ3) is 6.46. The molecule has 1 aromatic rings. The normalized spacial score (nSPS) is 11.7. The van der Waals surface area contributed by atoms with Gasteiger partial charge in [-0.25, -0.2) is 0 Å². The molecule has 4 heteroatoms. The predicted octanol–water partition coefficient (Wildman–Crippen LogP) is 2.24. The van der Waals surface area contributed by atoms with Crippen LogP contribution in [0.3, 0.4) is 0 Å². The van der Waals surface area contributed by atoms with E-state index >= 15 is 0 Å². The van der Waals surface area contributed by atoms with Gasteiger partial charge >= 0.3 is 0 Å². The van der Waals surface area contributed by atoms with Crippen LogP contribution in [0.2, 0.25) is 0 Å². The standard InChI is InChI=1S/C17H30N2O2/c1-14-6-5-7-15(17(2,3)4)16(14)21-13-12-20-11-10-19-9-8-18/h5-7,19H,8-13,18H2,1-4H3. The highest BCUT2D eigenvalue weighted by atomic mass is 16.5. The maximum absolute atomic E-state index is 5.96. The largest absolute Gasteiger partial charge is 0.491 e. The van der Waals surface area contributed by atoms with E-state index in [1.807, 2.05) is 0 Å². The Labute approximate surface area is 129 Å². The molecule has 0 saturated carbocycles. The number of benzene rings is 1. The highest BCUT2D eigenvalue weighted by Gasteiger charge is 2.19. The maximum atomic E-state index is 5.96. The molecule has 0 spiro atoms. The Morgan fingerprint density at radius 3 is 2.52 bits per heavy atom. The Hall–Kier alpha value is -1.10. The van der Waals surface area contributed by atoms with E-state index in [0.717, 1.165) is 18.8 Å². The summed E-state index contributed by atoms with van der Waals surface area (Å²) in [4.78, 5) is 0. The summed E-state index contributed by atoms with van der Waals surface area (Å²) in [5, 5.41) is 3.19. The summed E-state index contributed by atoms with van der Waals surface area (Å²) in [6, 6.07) is 6.31. The first-order valence-corrected chi connectivity index (χ1v) is 7.68. The topological polar surface area (TPSA) is 56.5 Å². The van der Waals surface area contributed by atoms with E-state index in [-0.39, 0.29) is 5.41 Å². The molecule has 0 bridgehead atoms. The molecule has 0 aromatic heterocycles. The molecule has 0 aliphatic carbocycles. The molecular weight excluding hydrogens is 264 g/mol. The van der Waals surface area contributed by atoms with Crippen LogP contribution >= 0.6 is 0 Å². The van der Waals surface area contributed by atoms with E-state index in [0.29, 0.717) is 26.4 Å². The first-order valence-electron chi connectivity index (χ1n) is 7.68. The van der Waals surface area contributed by atoms with Gasteiger partial charge < -0.3 is 20.5 Å². The molecule has 1 rings (SSSR count). The second-order valence-electron chi connectivity index (χ2n) is 6.20. The van der Waals surface area contributed by atoms with E-state index in [2.05, 4.69) is 51.2 Å². The number of ether oxygens (including phenoxy) is 2. The highest BCUT2D eigenvalue weighted by Crippen LogP contribution is 2.33. The average molecular weight is 294 g/mol. The van der Waals surface area contributed by atoms with Gasteiger partial charge in [0.15, 0.2) is 0 Å². The van der Waals surface area contributed by atoms with Crippen molar-refractivity contribution < 1.29 is 9.47 Å². The molecule has 0 amide bonds. The number of nitrogens with two attached hydrogens (primary N) is 1. The predicted molar refractivity (Wildman–Crippen MR) is 88.1 cm³/mol. The fourth-order valence-corrected chi connectivity index (χ4v) is 2.11. The second kappa shape index (κ2) is 9.03. The molecule has 4 nitrogen and oxygen atoms in total. The number of para-hydroxylation sites is 1. The van der Waals surface area contributed by atoms with E-state index in [4.69, 9.17) is 15.2 Å². The fraction of sp³-hybridized carbons (Fsp3) is 0.647. The van der Waals surface area contributed by atoms with Gasteiger partial charge in [-0.3, -0.25) is 0 Å². The molecule has 0 fully saturated rings. The fourth-order valence-electron chi connectivity index (χ4n) is 2.11. The molecule has 0 unspecified atom stereocenters. The van der Waals surface area contributed by atoms with Crippen LogP contribution in [0.4, 0.5) is 0 Å². The Kier molecular flexibility index (Phi) is 7.72. The zero-order chi connectivity index (χ0) is 15.7. The molecular formula is C17H30N2O2. The smallest absolute Gasteiger partial charge is 0.126 e. The van der Waals surface area contributed by atoms with Crippen molar-refractivity contribution in [2.24, 2.45) is 5.73 Å². The van der Waals surface area contributed by atoms with Gasteiger partial charge in [0.25, 0.3) is 0 Å². The van der Waals surface area contributed by atoms with E-state index in [1.165, 1.54) is 11.1 Å². The molecule has 0 saturated heterocycles. The van der Waals surface area contributed by atoms with Crippen molar-refractivity contribution in [2.75, 3.05) is 39.5 Å². The third-order valence-electron chi connectivity index (χ3n) is 3.24. The molecule has 0 radical (unpaired) electrons. The van der Waals surface area contributed by atoms with Crippen LogP contribution in [-0.2, 0) is 10.2 Å². The minimum atomic E-state index is 0.0777. The maximum Gasteiger partial charge on any atom is 0.126 e. The summed E-state index contributed by atoms with van der Waals surface area (Å²) < 4.78 is 11.5. The van der Waals surface area contributed by atoms with Crippen molar-refractivity contribution in [3.8, 4) is 5.75 Å². The van der Waals surface area contributed by atoms with Crippen LogP contribution in [0.25, 0.3) is 0 Å². The third-order valence-corrected chi connectivity index (χ3v) is 3.24. The Balaban J connectivity index is 2.38. The van der Waals surface area contributed by atoms with Gasteiger partial charge in [-0.1, -0.05) is 39.0 Å². The Morgan fingerprint density at radius 1 is 1.10 bits per heavy atom. The van der Waals surface area contributed by atoms with Gasteiger partial charge in [-0.15, -0.1) is 0 Å². The quantitative estimate of drug-likeness (QED) is 0.686. The molecule has 21 heavy (non-hydrogen) atoms. The summed E-state index contributed by atoms with van der Waals surface area (Å²) >= 11 is 0. The number of rotatable bonds is 9. The van der Waals surface area contributed by atoms with Crippen molar-refractivity contribution in [1.29, 1.82) is 0 Å². The van der Waals surface area contributed by atoms with Crippen molar-refractivity contribution in [3.63, 3.8) is 0 Å². The number of aryl methyl sites for hydroxylation is 1. The van der Waals surface area contributed by atoms with E-state index in [1.54, 1.807) is 0 Å². The first kappa shape index (κ1) is 18.0. The lowest BCUT2D eigenvalue weighted by molar-refractivity contribution is 0.101. The van der Waals surface area contributed by atoms with Crippen LogP contribution in [0.5, 0.6) is 5.75 Å². The van der Waals surface area contributed by atoms with Crippen molar-refractivity contribution in [1.82, 2.24) is 5.32 Å². The van der Waals surface area contributed by atoms with Gasteiger partial charge in [0.1, 0.15) is 12.4 Å². The van der Waals surface area contributed by atoms with Gasteiger partial charge in [-0.2, -0.15) is 0 Å². The lowest BCUT2D eigenvalue weighted by atomic mass is 9.85. The van der Waals surface area contributed by atoms with E-state index < -0.39 is 0 Å². The second-order valence-corrected chi connectivity index (χ2v) is 6.20. The number of nitrogens with one attached hydrogen (secondary N) is 1. The molecule has 0 aliphatic rings. The van der Waals surface area contributed by atoms with Crippen molar-refractivity contribution in [3.05, 3.63) is 29.3 Å². The minimum absolute atomic E-state index is 0.0777. The summed E-state index contributed by atoms with van der Waals surface area (Å²) in [6.45, 7) is 12.9. The zero-order valence-electron chi connectivity index (χ0n) is 13.9. The molecule has 120 valence electrons. The summed E-state index contributed by atoms with van der Waals surface area (Å²) in [5.74, 6) is 0.995. The first-order chi connectivity index (χ1) is 9.96. The Morgan fingerprint density at radius 2 is 1.86 bits per heavy atom. The average Bonchev–Trinajstić information content (AvgIpc) is 2.42. The number of hydrogen-bond acceptors (Lipinski definition) is 4. The molecule has 0 atom stereocenters. The lowest BCUT2D eigenvalue weighted by Crippen LogP contribution is -2.26. The van der Waals surface area contributed by atoms with Gasteiger partial charge in [0, 0.05) is 19.6 Å². The molecule has 1 aromatic carbocycles. The molecule has 0 aliphatic heterocycles. The van der Waals surface area contributed by atoms with Crippen LogP contribution in [0.15, 0.2) is 18.2 Å². The summed E-state index contributed by atoms with van der Waals surface area (Å²) in [7, 11) is 0. The minimum Gasteiger partial charge on any atom is -0.491 e. The van der Waals surface area contributed by atoms with E-state index in [9.17, 15) is 0 Å². The monoisotopic (exact) mass is 294 g/mol. The van der Waals surface area contributed by atoms with Crippen LogP contribution in [0, 0.1) is 6.92 Å². The summed E-state index contributed by atoms with van der Waals surface area (Å²) in [5.41, 5.74) is 7.89. The van der Waals surface area contributed by atoms with Crippen LogP contribution in [-0.4, -0.2) is 39.5 Å². The molecule has 3 N–H and O–H groups in total. The SMILES string of the molecule is Cc1cccc(C(C)(C)C)c1OCCOCCNCCN. The molecule has 0 heterocycles.